The van der Waals surface area contributed by atoms with Crippen LogP contribution < -0.4 is 10.6 Å². The molecule has 2 aromatic carbocycles. The number of rotatable bonds is 9. The smallest absolute Gasteiger partial charge is 0.315 e. The van der Waals surface area contributed by atoms with Crippen molar-refractivity contribution in [2.24, 2.45) is 0 Å². The Bertz CT molecular complexity index is 1120. The van der Waals surface area contributed by atoms with Crippen LogP contribution in [0.1, 0.15) is 37.9 Å². The van der Waals surface area contributed by atoms with Crippen LogP contribution in [0.4, 0.5) is 9.18 Å². The van der Waals surface area contributed by atoms with Crippen LogP contribution in [0, 0.1) is 5.82 Å². The first kappa shape index (κ1) is 24.0. The fraction of sp³-hybridized carbons (Fsp3) is 0.320. The van der Waals surface area contributed by atoms with Crippen molar-refractivity contribution in [3.63, 3.8) is 0 Å². The zero-order chi connectivity index (χ0) is 23.8. The second kappa shape index (κ2) is 11.3. The molecule has 0 aliphatic carbocycles. The maximum atomic E-state index is 13.4. The molecule has 3 aromatic rings. The maximum absolute atomic E-state index is 13.4. The molecule has 1 aromatic heterocycles. The Labute approximate surface area is 192 Å². The van der Waals surface area contributed by atoms with Gasteiger partial charge in [-0.1, -0.05) is 36.4 Å². The number of carbonyl (C=O) groups is 2. The van der Waals surface area contributed by atoms with E-state index in [1.54, 1.807) is 13.8 Å². The Balaban J connectivity index is 1.38. The number of fused-ring (bicyclic) bond motifs is 1. The molecule has 0 spiro atoms. The van der Waals surface area contributed by atoms with Crippen LogP contribution in [0.3, 0.4) is 0 Å². The highest BCUT2D eigenvalue weighted by atomic mass is 19.1. The first-order valence-electron chi connectivity index (χ1n) is 10.9. The highest BCUT2D eigenvalue weighted by molar-refractivity contribution is 5.81. The summed E-state index contributed by atoms with van der Waals surface area (Å²) in [5.41, 5.74) is 1.18. The third kappa shape index (κ3) is 6.90. The number of benzene rings is 2. The minimum absolute atomic E-state index is 0.0425. The van der Waals surface area contributed by atoms with Crippen LogP contribution in [0.2, 0.25) is 0 Å². The van der Waals surface area contributed by atoms with E-state index in [9.17, 15) is 19.1 Å². The number of phenols is 1. The predicted octanol–water partition coefficient (Wildman–Crippen LogP) is 4.22. The van der Waals surface area contributed by atoms with Gasteiger partial charge in [0.05, 0.1) is 6.04 Å². The van der Waals surface area contributed by atoms with Crippen LogP contribution in [0.5, 0.6) is 5.75 Å². The zero-order valence-electron chi connectivity index (χ0n) is 18.7. The number of nitrogens with zero attached hydrogens (tertiary/aromatic N) is 1. The van der Waals surface area contributed by atoms with Gasteiger partial charge in [-0.25, -0.2) is 9.18 Å². The summed E-state index contributed by atoms with van der Waals surface area (Å²) in [5, 5.41) is 17.1. The van der Waals surface area contributed by atoms with E-state index in [1.165, 1.54) is 12.1 Å². The normalized spacial score (nSPS) is 12.7. The molecule has 7 nitrogen and oxygen atoms in total. The summed E-state index contributed by atoms with van der Waals surface area (Å²) in [6, 6.07) is 13.1. The Morgan fingerprint density at radius 2 is 1.88 bits per heavy atom. The summed E-state index contributed by atoms with van der Waals surface area (Å²) in [6.07, 6.45) is 2.81. The molecule has 2 amide bonds. The number of phenolic OH excluding ortho intramolecular Hbond substituents is 1. The quantitative estimate of drug-likeness (QED) is 0.421. The summed E-state index contributed by atoms with van der Waals surface area (Å²) >= 11 is 0. The number of halogens is 1. The monoisotopic (exact) mass is 453 g/mol. The van der Waals surface area contributed by atoms with Crippen molar-refractivity contribution in [1.29, 1.82) is 0 Å². The standard InChI is InChI=1S/C25H28FN3O4/c1-16(29-25(32)28-15-20-9-5-11-22(26)24(20)31)17(2)33-23(30)12-6-10-21-13-18-7-3-4-8-19(18)14-27-21/h3-5,7-9,11,13-14,16-17,31H,6,10,12,15H2,1-2H3,(H2,28,29,32). The lowest BCUT2D eigenvalue weighted by molar-refractivity contribution is -0.149. The van der Waals surface area contributed by atoms with Gasteiger partial charge in [0.25, 0.3) is 0 Å². The molecule has 174 valence electrons. The maximum Gasteiger partial charge on any atom is 0.315 e. The first-order valence-corrected chi connectivity index (χ1v) is 10.9. The molecule has 0 aliphatic rings. The van der Waals surface area contributed by atoms with Gasteiger partial charge >= 0.3 is 12.0 Å². The molecule has 8 heteroatoms. The van der Waals surface area contributed by atoms with Gasteiger partial charge in [0, 0.05) is 35.8 Å². The summed E-state index contributed by atoms with van der Waals surface area (Å²) in [4.78, 5) is 28.7. The van der Waals surface area contributed by atoms with E-state index >= 15 is 0 Å². The summed E-state index contributed by atoms with van der Waals surface area (Å²) < 4.78 is 18.8. The van der Waals surface area contributed by atoms with E-state index < -0.39 is 29.7 Å². The van der Waals surface area contributed by atoms with E-state index in [-0.39, 0.29) is 24.5 Å². The number of amides is 2. The average Bonchev–Trinajstić information content (AvgIpc) is 2.80. The molecule has 3 rings (SSSR count). The number of para-hydroxylation sites is 1. The average molecular weight is 454 g/mol. The van der Waals surface area contributed by atoms with Gasteiger partial charge in [0.1, 0.15) is 6.10 Å². The van der Waals surface area contributed by atoms with Crippen LogP contribution >= 0.6 is 0 Å². The molecule has 0 bridgehead atoms. The largest absolute Gasteiger partial charge is 0.505 e. The number of hydrogen-bond donors (Lipinski definition) is 3. The van der Waals surface area contributed by atoms with Crippen LogP contribution in [-0.4, -0.2) is 34.2 Å². The SMILES string of the molecule is CC(NC(=O)NCc1cccc(F)c1O)C(C)OC(=O)CCCc1cc2ccccc2cn1. The summed E-state index contributed by atoms with van der Waals surface area (Å²) in [5.74, 6) is -1.59. The number of aromatic hydroxyl groups is 1. The number of nitrogens with one attached hydrogen (secondary N) is 2. The van der Waals surface area contributed by atoms with Crippen LogP contribution in [0.15, 0.2) is 54.7 Å². The van der Waals surface area contributed by atoms with Gasteiger partial charge in [0.2, 0.25) is 0 Å². The molecular weight excluding hydrogens is 425 g/mol. The van der Waals surface area contributed by atoms with E-state index in [0.29, 0.717) is 12.8 Å². The fourth-order valence-electron chi connectivity index (χ4n) is 3.30. The van der Waals surface area contributed by atoms with Crippen molar-refractivity contribution in [3.8, 4) is 5.75 Å². The van der Waals surface area contributed by atoms with E-state index in [1.807, 2.05) is 36.5 Å². The topological polar surface area (TPSA) is 101 Å². The molecule has 1 heterocycles. The van der Waals surface area contributed by atoms with Crippen molar-refractivity contribution in [1.82, 2.24) is 15.6 Å². The van der Waals surface area contributed by atoms with Gasteiger partial charge < -0.3 is 20.5 Å². The second-order valence-corrected chi connectivity index (χ2v) is 7.93. The molecule has 33 heavy (non-hydrogen) atoms. The molecule has 0 radical (unpaired) electrons. The lowest BCUT2D eigenvalue weighted by atomic mass is 10.1. The van der Waals surface area contributed by atoms with Gasteiger partial charge in [-0.2, -0.15) is 0 Å². The van der Waals surface area contributed by atoms with Crippen molar-refractivity contribution < 1.29 is 23.8 Å². The minimum atomic E-state index is -0.750. The Morgan fingerprint density at radius 3 is 2.67 bits per heavy atom. The molecule has 0 saturated heterocycles. The second-order valence-electron chi connectivity index (χ2n) is 7.93. The third-order valence-corrected chi connectivity index (χ3v) is 5.39. The number of esters is 1. The fourth-order valence-corrected chi connectivity index (χ4v) is 3.30. The molecule has 0 saturated carbocycles. The predicted molar refractivity (Wildman–Crippen MR) is 123 cm³/mol. The van der Waals surface area contributed by atoms with Gasteiger partial charge in [0.15, 0.2) is 11.6 Å². The third-order valence-electron chi connectivity index (χ3n) is 5.39. The lowest BCUT2D eigenvalue weighted by Crippen LogP contribution is -2.46. The first-order chi connectivity index (χ1) is 15.8. The molecule has 0 fully saturated rings. The van der Waals surface area contributed by atoms with Crippen LogP contribution in [0.25, 0.3) is 10.8 Å². The number of urea groups is 1. The molecule has 3 N–H and O–H groups in total. The van der Waals surface area contributed by atoms with Gasteiger partial charge in [-0.3, -0.25) is 9.78 Å². The zero-order valence-corrected chi connectivity index (χ0v) is 18.7. The van der Waals surface area contributed by atoms with Crippen molar-refractivity contribution in [2.75, 3.05) is 0 Å². The minimum Gasteiger partial charge on any atom is -0.505 e. The molecule has 0 aliphatic heterocycles. The molecule has 2 atom stereocenters. The van der Waals surface area contributed by atoms with E-state index in [0.717, 1.165) is 22.5 Å². The van der Waals surface area contributed by atoms with E-state index in [2.05, 4.69) is 15.6 Å². The van der Waals surface area contributed by atoms with Crippen molar-refractivity contribution in [2.45, 2.75) is 51.8 Å². The Kier molecular flexibility index (Phi) is 8.18. The van der Waals surface area contributed by atoms with Gasteiger partial charge in [-0.15, -0.1) is 0 Å². The molecular formula is C25H28FN3O4. The number of aryl methyl sites for hydroxylation is 1. The van der Waals surface area contributed by atoms with Crippen LogP contribution in [-0.2, 0) is 22.5 Å². The number of aromatic nitrogens is 1. The van der Waals surface area contributed by atoms with Crippen molar-refractivity contribution >= 4 is 22.8 Å². The van der Waals surface area contributed by atoms with E-state index in [4.69, 9.17) is 4.74 Å². The Hall–Kier alpha value is -3.68. The molecule has 2 unspecified atom stereocenters. The number of hydrogen-bond acceptors (Lipinski definition) is 5. The highest BCUT2D eigenvalue weighted by Gasteiger charge is 2.19. The number of carbonyl (C=O) groups excluding carboxylic acids is 2. The summed E-state index contributed by atoms with van der Waals surface area (Å²) in [6.45, 7) is 3.38. The Morgan fingerprint density at radius 1 is 1.12 bits per heavy atom. The summed E-state index contributed by atoms with van der Waals surface area (Å²) in [7, 11) is 0. The number of pyridine rings is 1. The highest BCUT2D eigenvalue weighted by Crippen LogP contribution is 2.20. The van der Waals surface area contributed by atoms with Crippen molar-refractivity contribution in [3.05, 3.63) is 71.8 Å². The lowest BCUT2D eigenvalue weighted by Gasteiger charge is -2.22. The van der Waals surface area contributed by atoms with Gasteiger partial charge in [-0.05, 0) is 44.2 Å². The number of ether oxygens (including phenoxy) is 1.